The summed E-state index contributed by atoms with van der Waals surface area (Å²) in [6, 6.07) is 8.51. The van der Waals surface area contributed by atoms with Gasteiger partial charge in [-0.25, -0.2) is 0 Å². The highest BCUT2D eigenvalue weighted by molar-refractivity contribution is 5.92. The molecule has 1 aromatic carbocycles. The molecule has 0 aromatic heterocycles. The van der Waals surface area contributed by atoms with E-state index < -0.39 is 0 Å². The molecule has 21 heavy (non-hydrogen) atoms. The maximum Gasteiger partial charge on any atom is 0.193 e. The van der Waals surface area contributed by atoms with E-state index in [4.69, 9.17) is 10.5 Å². The van der Waals surface area contributed by atoms with Gasteiger partial charge in [0.1, 0.15) is 0 Å². The van der Waals surface area contributed by atoms with Crippen molar-refractivity contribution in [1.29, 1.82) is 0 Å². The Morgan fingerprint density at radius 2 is 2.29 bits per heavy atom. The first-order valence-electron chi connectivity index (χ1n) is 7.62. The average Bonchev–Trinajstić information content (AvgIpc) is 2.95. The van der Waals surface area contributed by atoms with Crippen molar-refractivity contribution >= 4 is 11.6 Å². The zero-order valence-corrected chi connectivity index (χ0v) is 13.0. The van der Waals surface area contributed by atoms with Gasteiger partial charge in [0.15, 0.2) is 5.96 Å². The van der Waals surface area contributed by atoms with E-state index in [2.05, 4.69) is 22.1 Å². The number of nitrogens with one attached hydrogen (secondary N) is 1. The fraction of sp³-hybridized carbons (Fsp3) is 0.562. The number of nitrogens with zero attached hydrogens (tertiary/aromatic N) is 2. The molecule has 5 nitrogen and oxygen atoms in total. The minimum atomic E-state index is 0.474. The van der Waals surface area contributed by atoms with Crippen LogP contribution in [0.3, 0.4) is 0 Å². The van der Waals surface area contributed by atoms with E-state index in [9.17, 15) is 0 Å². The molecule has 1 saturated heterocycles. The second-order valence-electron chi connectivity index (χ2n) is 5.37. The van der Waals surface area contributed by atoms with Crippen LogP contribution in [0.15, 0.2) is 29.3 Å². The van der Waals surface area contributed by atoms with Gasteiger partial charge in [0.2, 0.25) is 0 Å². The second kappa shape index (κ2) is 8.00. The van der Waals surface area contributed by atoms with Gasteiger partial charge in [0, 0.05) is 24.4 Å². The summed E-state index contributed by atoms with van der Waals surface area (Å²) in [5.74, 6) is 0.474. The number of guanidine groups is 1. The van der Waals surface area contributed by atoms with Crippen LogP contribution >= 0.6 is 0 Å². The van der Waals surface area contributed by atoms with Crippen molar-refractivity contribution in [2.45, 2.75) is 32.4 Å². The van der Waals surface area contributed by atoms with Crippen LogP contribution in [0.25, 0.3) is 0 Å². The van der Waals surface area contributed by atoms with E-state index in [1.54, 1.807) is 7.11 Å². The molecule has 0 spiro atoms. The van der Waals surface area contributed by atoms with Crippen LogP contribution in [0.2, 0.25) is 0 Å². The van der Waals surface area contributed by atoms with Crippen molar-refractivity contribution in [1.82, 2.24) is 4.90 Å². The first-order chi connectivity index (χ1) is 10.2. The highest BCUT2D eigenvalue weighted by Crippen LogP contribution is 2.17. The minimum Gasteiger partial charge on any atom is -0.380 e. The maximum absolute atomic E-state index is 6.02. The highest BCUT2D eigenvalue weighted by Gasteiger charge is 2.22. The predicted molar refractivity (Wildman–Crippen MR) is 87.5 cm³/mol. The van der Waals surface area contributed by atoms with Gasteiger partial charge in [0.05, 0.1) is 13.2 Å². The zero-order chi connectivity index (χ0) is 15.1. The Kier molecular flexibility index (Phi) is 6.02. The summed E-state index contributed by atoms with van der Waals surface area (Å²) in [7, 11) is 1.69. The van der Waals surface area contributed by atoms with Crippen molar-refractivity contribution in [2.24, 2.45) is 10.7 Å². The van der Waals surface area contributed by atoms with Gasteiger partial charge in [-0.15, -0.1) is 0 Å². The van der Waals surface area contributed by atoms with Crippen LogP contribution in [0, 0.1) is 0 Å². The first kappa shape index (κ1) is 15.8. The topological polar surface area (TPSA) is 62.9 Å². The van der Waals surface area contributed by atoms with Gasteiger partial charge >= 0.3 is 0 Å². The van der Waals surface area contributed by atoms with Crippen molar-refractivity contribution < 1.29 is 4.74 Å². The lowest BCUT2D eigenvalue weighted by atomic mass is 10.2. The molecule has 5 heteroatoms. The van der Waals surface area contributed by atoms with Gasteiger partial charge in [-0.05, 0) is 32.0 Å². The molecule has 1 aliphatic rings. The van der Waals surface area contributed by atoms with E-state index >= 15 is 0 Å². The average molecular weight is 290 g/mol. The molecule has 1 atom stereocenters. The Morgan fingerprint density at radius 1 is 1.48 bits per heavy atom. The van der Waals surface area contributed by atoms with Gasteiger partial charge < -0.3 is 15.8 Å². The molecular formula is C16H26N4O. The molecule has 1 aliphatic heterocycles. The number of ether oxygens (including phenoxy) is 1. The highest BCUT2D eigenvalue weighted by atomic mass is 16.5. The zero-order valence-electron chi connectivity index (χ0n) is 13.0. The van der Waals surface area contributed by atoms with Crippen molar-refractivity contribution in [3.8, 4) is 0 Å². The fourth-order valence-electron chi connectivity index (χ4n) is 2.82. The minimum absolute atomic E-state index is 0.474. The summed E-state index contributed by atoms with van der Waals surface area (Å²) in [6.07, 6.45) is 2.48. The number of likely N-dealkylation sites (tertiary alicyclic amines) is 1. The number of aliphatic imine (C=N–C) groups is 1. The van der Waals surface area contributed by atoms with Crippen molar-refractivity contribution in [3.63, 3.8) is 0 Å². The second-order valence-corrected chi connectivity index (χ2v) is 5.37. The predicted octanol–water partition coefficient (Wildman–Crippen LogP) is 2.04. The van der Waals surface area contributed by atoms with E-state index in [1.807, 2.05) is 24.3 Å². The maximum atomic E-state index is 6.02. The van der Waals surface area contributed by atoms with Crippen LogP contribution in [-0.2, 0) is 11.3 Å². The number of methoxy groups -OCH3 is 1. The Balaban J connectivity index is 1.94. The van der Waals surface area contributed by atoms with Crippen LogP contribution < -0.4 is 11.1 Å². The SMILES string of the molecule is CCN1CCCC1CN=C(N)Nc1ccccc1COC. The number of para-hydroxylation sites is 1. The molecule has 116 valence electrons. The summed E-state index contributed by atoms with van der Waals surface area (Å²) in [5, 5.41) is 3.18. The summed E-state index contributed by atoms with van der Waals surface area (Å²) in [5.41, 5.74) is 8.05. The molecule has 1 fully saturated rings. The van der Waals surface area contributed by atoms with Gasteiger partial charge in [0.25, 0.3) is 0 Å². The molecule has 0 bridgehead atoms. The Labute approximate surface area is 127 Å². The molecule has 0 saturated carbocycles. The molecule has 0 radical (unpaired) electrons. The van der Waals surface area contributed by atoms with Crippen LogP contribution in [0.5, 0.6) is 0 Å². The van der Waals surface area contributed by atoms with E-state index in [0.29, 0.717) is 18.6 Å². The smallest absolute Gasteiger partial charge is 0.193 e. The lowest BCUT2D eigenvalue weighted by Gasteiger charge is -2.21. The monoisotopic (exact) mass is 290 g/mol. The molecule has 1 heterocycles. The van der Waals surface area contributed by atoms with Crippen LogP contribution in [0.1, 0.15) is 25.3 Å². The summed E-state index contributed by atoms with van der Waals surface area (Å²) in [6.45, 7) is 5.79. The van der Waals surface area contributed by atoms with E-state index in [1.165, 1.54) is 19.4 Å². The number of anilines is 1. The molecule has 3 N–H and O–H groups in total. The Morgan fingerprint density at radius 3 is 3.05 bits per heavy atom. The van der Waals surface area contributed by atoms with Gasteiger partial charge in [-0.1, -0.05) is 25.1 Å². The standard InChI is InChI=1S/C16H26N4O/c1-3-20-10-6-8-14(20)11-18-16(17)19-15-9-5-4-7-13(15)12-21-2/h4-5,7,9,14H,3,6,8,10-12H2,1-2H3,(H3,17,18,19). The molecule has 1 aromatic rings. The van der Waals surface area contributed by atoms with Gasteiger partial charge in [-0.3, -0.25) is 9.89 Å². The molecule has 0 amide bonds. The number of nitrogens with two attached hydrogens (primary N) is 1. The number of rotatable bonds is 6. The molecular weight excluding hydrogens is 264 g/mol. The lowest BCUT2D eigenvalue weighted by molar-refractivity contribution is 0.185. The quantitative estimate of drug-likeness (QED) is 0.622. The summed E-state index contributed by atoms with van der Waals surface area (Å²) >= 11 is 0. The third-order valence-electron chi connectivity index (χ3n) is 3.96. The summed E-state index contributed by atoms with van der Waals surface area (Å²) in [4.78, 5) is 6.97. The first-order valence-corrected chi connectivity index (χ1v) is 7.62. The Bertz CT molecular complexity index is 475. The molecule has 0 aliphatic carbocycles. The Hall–Kier alpha value is -1.59. The number of hydrogen-bond acceptors (Lipinski definition) is 3. The number of likely N-dealkylation sites (N-methyl/N-ethyl adjacent to an activating group) is 1. The molecule has 2 rings (SSSR count). The molecule has 1 unspecified atom stereocenters. The van der Waals surface area contributed by atoms with E-state index in [-0.39, 0.29) is 0 Å². The lowest BCUT2D eigenvalue weighted by Crippen LogP contribution is -2.33. The van der Waals surface area contributed by atoms with Crippen molar-refractivity contribution in [3.05, 3.63) is 29.8 Å². The fourth-order valence-corrected chi connectivity index (χ4v) is 2.82. The van der Waals surface area contributed by atoms with E-state index in [0.717, 1.165) is 24.3 Å². The van der Waals surface area contributed by atoms with Crippen LogP contribution in [0.4, 0.5) is 5.69 Å². The normalized spacial score (nSPS) is 19.9. The van der Waals surface area contributed by atoms with Crippen LogP contribution in [-0.4, -0.2) is 43.6 Å². The largest absolute Gasteiger partial charge is 0.380 e. The van der Waals surface area contributed by atoms with Crippen molar-refractivity contribution in [2.75, 3.05) is 32.1 Å². The third-order valence-corrected chi connectivity index (χ3v) is 3.96. The number of hydrogen-bond donors (Lipinski definition) is 2. The summed E-state index contributed by atoms with van der Waals surface area (Å²) < 4.78 is 5.19. The third kappa shape index (κ3) is 4.44. The number of benzene rings is 1. The van der Waals surface area contributed by atoms with Gasteiger partial charge in [-0.2, -0.15) is 0 Å².